The Bertz CT molecular complexity index is 566. The van der Waals surface area contributed by atoms with E-state index >= 15 is 0 Å². The minimum Gasteiger partial charge on any atom is -0.493 e. The molecule has 0 saturated heterocycles. The van der Waals surface area contributed by atoms with Crippen LogP contribution >= 0.6 is 0 Å². The van der Waals surface area contributed by atoms with Crippen molar-refractivity contribution in [1.82, 2.24) is 0 Å². The van der Waals surface area contributed by atoms with E-state index in [0.29, 0.717) is 5.92 Å². The first-order chi connectivity index (χ1) is 10.5. The summed E-state index contributed by atoms with van der Waals surface area (Å²) in [6.45, 7) is 4.85. The second-order valence-corrected chi connectivity index (χ2v) is 7.09. The highest BCUT2D eigenvalue weighted by Gasteiger charge is 2.43. The number of ether oxygens (including phenoxy) is 1. The topological polar surface area (TPSA) is 46.5 Å². The molecule has 3 nitrogen and oxygen atoms in total. The summed E-state index contributed by atoms with van der Waals surface area (Å²) in [7, 11) is 0. The molecule has 0 aromatic heterocycles. The summed E-state index contributed by atoms with van der Waals surface area (Å²) in [6.07, 6.45) is 7.05. The first-order valence-corrected chi connectivity index (χ1v) is 8.51. The van der Waals surface area contributed by atoms with Gasteiger partial charge in [0.2, 0.25) is 0 Å². The number of benzene rings is 1. The maximum absolute atomic E-state index is 12.1. The van der Waals surface area contributed by atoms with Crippen LogP contribution in [0.5, 0.6) is 5.75 Å². The van der Waals surface area contributed by atoms with Gasteiger partial charge in [-0.25, -0.2) is 0 Å². The smallest absolute Gasteiger partial charge is 0.314 e. The third-order valence-corrected chi connectivity index (χ3v) is 5.47. The van der Waals surface area contributed by atoms with Gasteiger partial charge in [0.05, 0.1) is 12.0 Å². The van der Waals surface area contributed by atoms with E-state index in [9.17, 15) is 9.90 Å². The predicted octanol–water partition coefficient (Wildman–Crippen LogP) is 4.38. The van der Waals surface area contributed by atoms with Crippen molar-refractivity contribution in [2.75, 3.05) is 6.61 Å². The lowest BCUT2D eigenvalue weighted by Gasteiger charge is -2.35. The van der Waals surface area contributed by atoms with Gasteiger partial charge in [0, 0.05) is 5.56 Å². The monoisotopic (exact) mass is 302 g/mol. The average Bonchev–Trinajstić information content (AvgIpc) is 3.33. The van der Waals surface area contributed by atoms with Crippen molar-refractivity contribution >= 4 is 5.97 Å². The highest BCUT2D eigenvalue weighted by atomic mass is 16.5. The van der Waals surface area contributed by atoms with Crippen molar-refractivity contribution in [3.8, 4) is 5.75 Å². The molecule has 1 N–H and O–H groups in total. The van der Waals surface area contributed by atoms with Crippen LogP contribution < -0.4 is 4.74 Å². The van der Waals surface area contributed by atoms with E-state index < -0.39 is 11.4 Å². The summed E-state index contributed by atoms with van der Waals surface area (Å²) < 4.78 is 6.14. The molecule has 2 fully saturated rings. The van der Waals surface area contributed by atoms with Gasteiger partial charge in [-0.1, -0.05) is 31.4 Å². The van der Waals surface area contributed by atoms with Crippen LogP contribution in [0.15, 0.2) is 12.1 Å². The van der Waals surface area contributed by atoms with E-state index in [1.807, 2.05) is 12.1 Å². The van der Waals surface area contributed by atoms with Crippen LogP contribution in [0, 0.1) is 19.8 Å². The lowest BCUT2D eigenvalue weighted by molar-refractivity contribution is -0.145. The number of rotatable bonds is 5. The predicted molar refractivity (Wildman–Crippen MR) is 86.5 cm³/mol. The second kappa shape index (κ2) is 5.94. The lowest BCUT2D eigenvalue weighted by Crippen LogP contribution is -2.38. The van der Waals surface area contributed by atoms with Crippen LogP contribution in [-0.2, 0) is 10.2 Å². The van der Waals surface area contributed by atoms with E-state index in [1.54, 1.807) is 0 Å². The van der Waals surface area contributed by atoms with Gasteiger partial charge in [-0.05, 0) is 56.6 Å². The molecule has 1 aromatic carbocycles. The first kappa shape index (κ1) is 15.4. The van der Waals surface area contributed by atoms with Gasteiger partial charge in [0.25, 0.3) is 0 Å². The van der Waals surface area contributed by atoms with E-state index in [0.717, 1.165) is 55.6 Å². The average molecular weight is 302 g/mol. The SMILES string of the molecule is Cc1ccc(C2(C(=O)O)CCCCC2)c(OCC2CC2)c1C. The van der Waals surface area contributed by atoms with Gasteiger partial charge < -0.3 is 9.84 Å². The van der Waals surface area contributed by atoms with E-state index in [-0.39, 0.29) is 0 Å². The number of aliphatic carboxylic acids is 1. The maximum atomic E-state index is 12.1. The fourth-order valence-electron chi connectivity index (χ4n) is 3.59. The molecule has 0 bridgehead atoms. The highest BCUT2D eigenvalue weighted by molar-refractivity contribution is 5.83. The number of carboxylic acids is 1. The van der Waals surface area contributed by atoms with Crippen LogP contribution in [0.3, 0.4) is 0 Å². The molecule has 0 amide bonds. The third-order valence-electron chi connectivity index (χ3n) is 5.47. The van der Waals surface area contributed by atoms with Crippen LogP contribution in [0.1, 0.15) is 61.6 Å². The quantitative estimate of drug-likeness (QED) is 0.878. The first-order valence-electron chi connectivity index (χ1n) is 8.51. The summed E-state index contributed by atoms with van der Waals surface area (Å²) in [4.78, 5) is 12.1. The lowest BCUT2D eigenvalue weighted by atomic mass is 9.68. The molecule has 2 aliphatic rings. The molecule has 2 aliphatic carbocycles. The number of carbonyl (C=O) groups is 1. The number of hydrogen-bond donors (Lipinski definition) is 1. The molecule has 1 aromatic rings. The number of aryl methyl sites for hydroxylation is 1. The molecule has 120 valence electrons. The Morgan fingerprint density at radius 1 is 1.23 bits per heavy atom. The summed E-state index contributed by atoms with van der Waals surface area (Å²) >= 11 is 0. The van der Waals surface area contributed by atoms with Gasteiger partial charge in [-0.15, -0.1) is 0 Å². The van der Waals surface area contributed by atoms with Crippen molar-refractivity contribution < 1.29 is 14.6 Å². The zero-order valence-corrected chi connectivity index (χ0v) is 13.7. The van der Waals surface area contributed by atoms with Gasteiger partial charge in [-0.2, -0.15) is 0 Å². The fraction of sp³-hybridized carbons (Fsp3) is 0.632. The minimum absolute atomic E-state index is 0.667. The van der Waals surface area contributed by atoms with Crippen LogP contribution in [0.2, 0.25) is 0 Å². The van der Waals surface area contributed by atoms with Crippen molar-refractivity contribution in [1.29, 1.82) is 0 Å². The highest BCUT2D eigenvalue weighted by Crippen LogP contribution is 2.45. The zero-order valence-electron chi connectivity index (χ0n) is 13.7. The van der Waals surface area contributed by atoms with Gasteiger partial charge in [0.1, 0.15) is 5.75 Å². The Morgan fingerprint density at radius 2 is 1.91 bits per heavy atom. The van der Waals surface area contributed by atoms with Crippen LogP contribution in [-0.4, -0.2) is 17.7 Å². The minimum atomic E-state index is -0.754. The fourth-order valence-corrected chi connectivity index (χ4v) is 3.59. The second-order valence-electron chi connectivity index (χ2n) is 7.09. The molecule has 0 radical (unpaired) electrons. The molecule has 0 heterocycles. The normalized spacial score (nSPS) is 20.6. The number of carboxylic acid groups (broad SMARTS) is 1. The molecular formula is C19H26O3. The Kier molecular flexibility index (Phi) is 4.16. The van der Waals surface area contributed by atoms with Gasteiger partial charge in [0.15, 0.2) is 0 Å². The van der Waals surface area contributed by atoms with Gasteiger partial charge in [-0.3, -0.25) is 4.79 Å². The van der Waals surface area contributed by atoms with Crippen molar-refractivity contribution in [2.45, 2.75) is 64.2 Å². The van der Waals surface area contributed by atoms with Crippen LogP contribution in [0.4, 0.5) is 0 Å². The van der Waals surface area contributed by atoms with Gasteiger partial charge >= 0.3 is 5.97 Å². The molecular weight excluding hydrogens is 276 g/mol. The third kappa shape index (κ3) is 2.73. The molecule has 0 atom stereocenters. The number of hydrogen-bond acceptors (Lipinski definition) is 2. The van der Waals surface area contributed by atoms with E-state index in [2.05, 4.69) is 13.8 Å². The van der Waals surface area contributed by atoms with Crippen molar-refractivity contribution in [3.05, 3.63) is 28.8 Å². The van der Waals surface area contributed by atoms with Crippen molar-refractivity contribution in [2.24, 2.45) is 5.92 Å². The molecule has 0 aliphatic heterocycles. The molecule has 3 heteroatoms. The standard InChI is InChI=1S/C19H26O3/c1-13-6-9-16(17(14(13)2)22-12-15-7-8-15)19(18(20)21)10-4-3-5-11-19/h6,9,15H,3-5,7-8,10-12H2,1-2H3,(H,20,21). The summed E-state index contributed by atoms with van der Waals surface area (Å²) in [5, 5.41) is 9.96. The Balaban J connectivity index is 2.02. The van der Waals surface area contributed by atoms with Crippen molar-refractivity contribution in [3.63, 3.8) is 0 Å². The van der Waals surface area contributed by atoms with E-state index in [4.69, 9.17) is 4.74 Å². The molecule has 0 unspecified atom stereocenters. The molecule has 2 saturated carbocycles. The maximum Gasteiger partial charge on any atom is 0.314 e. The Hall–Kier alpha value is -1.51. The summed E-state index contributed by atoms with van der Waals surface area (Å²) in [5.74, 6) is 0.822. The molecule has 0 spiro atoms. The zero-order chi connectivity index (χ0) is 15.7. The Labute approximate surface area is 132 Å². The molecule has 3 rings (SSSR count). The molecule has 22 heavy (non-hydrogen) atoms. The largest absolute Gasteiger partial charge is 0.493 e. The Morgan fingerprint density at radius 3 is 2.50 bits per heavy atom. The van der Waals surface area contributed by atoms with Crippen LogP contribution in [0.25, 0.3) is 0 Å². The summed E-state index contributed by atoms with van der Waals surface area (Å²) in [6, 6.07) is 4.05. The van der Waals surface area contributed by atoms with E-state index in [1.165, 1.54) is 18.4 Å². The summed E-state index contributed by atoms with van der Waals surface area (Å²) in [5.41, 5.74) is 2.42.